The maximum atomic E-state index is 5.29. The van der Waals surface area contributed by atoms with Crippen molar-refractivity contribution in [1.82, 2.24) is 29.1 Å². The van der Waals surface area contributed by atoms with Crippen molar-refractivity contribution in [3.63, 3.8) is 0 Å². The fourth-order valence-electron chi connectivity index (χ4n) is 2.84. The lowest BCUT2D eigenvalue weighted by Crippen LogP contribution is -1.99. The second-order valence-corrected chi connectivity index (χ2v) is 8.34. The predicted molar refractivity (Wildman–Crippen MR) is 107 cm³/mol. The number of methoxy groups -OCH3 is 1. The molecule has 3 aromatic heterocycles. The van der Waals surface area contributed by atoms with Crippen LogP contribution >= 0.6 is 23.3 Å². The number of nitrogens with zero attached hydrogens (tertiary/aromatic N) is 6. The third-order valence-electron chi connectivity index (χ3n) is 4.45. The minimum atomic E-state index is 0.539. The van der Waals surface area contributed by atoms with Gasteiger partial charge < -0.3 is 4.74 Å². The van der Waals surface area contributed by atoms with Crippen LogP contribution in [0.2, 0.25) is 0 Å². The number of aromatic nitrogens is 6. The molecular weight excluding hydrogens is 392 g/mol. The van der Waals surface area contributed by atoms with Gasteiger partial charge in [-0.2, -0.15) is 4.37 Å². The summed E-state index contributed by atoms with van der Waals surface area (Å²) in [5.41, 5.74) is 1.90. The lowest BCUT2D eigenvalue weighted by Gasteiger charge is -2.10. The Hall–Kier alpha value is -2.78. The fourth-order valence-corrected chi connectivity index (χ4v) is 4.48. The fraction of sp³-hybridized carbons (Fsp3) is 0.211. The van der Waals surface area contributed by atoms with Gasteiger partial charge in [0.25, 0.3) is 0 Å². The summed E-state index contributed by atoms with van der Waals surface area (Å²) in [7, 11) is 1.66. The van der Waals surface area contributed by atoms with Crippen molar-refractivity contribution in [3.05, 3.63) is 54.6 Å². The molecule has 0 spiro atoms. The van der Waals surface area contributed by atoms with E-state index < -0.39 is 0 Å². The van der Waals surface area contributed by atoms with Gasteiger partial charge in [0, 0.05) is 23.9 Å². The lowest BCUT2D eigenvalue weighted by molar-refractivity contribution is 0.414. The van der Waals surface area contributed by atoms with Crippen LogP contribution in [0, 0.1) is 0 Å². The van der Waals surface area contributed by atoms with E-state index in [0.29, 0.717) is 5.92 Å². The van der Waals surface area contributed by atoms with Gasteiger partial charge in [0.2, 0.25) is 5.16 Å². The second-order valence-electron chi connectivity index (χ2n) is 6.37. The molecule has 9 heteroatoms. The highest BCUT2D eigenvalue weighted by atomic mass is 32.2. The maximum absolute atomic E-state index is 5.29. The van der Waals surface area contributed by atoms with Crippen LogP contribution in [-0.4, -0.2) is 36.2 Å². The summed E-state index contributed by atoms with van der Waals surface area (Å²) in [6, 6.07) is 11.7. The van der Waals surface area contributed by atoms with Gasteiger partial charge in [0.1, 0.15) is 11.6 Å². The molecule has 1 aliphatic rings. The number of ether oxygens (including phenoxy) is 1. The average Bonchev–Trinajstić information content (AvgIpc) is 3.36. The van der Waals surface area contributed by atoms with E-state index in [1.54, 1.807) is 19.5 Å². The molecule has 1 fully saturated rings. The Bertz CT molecular complexity index is 1090. The monoisotopic (exact) mass is 408 g/mol. The highest BCUT2D eigenvalue weighted by Crippen LogP contribution is 2.41. The molecule has 0 atom stereocenters. The Morgan fingerprint density at radius 1 is 1.07 bits per heavy atom. The number of hydrogen-bond donors (Lipinski definition) is 0. The van der Waals surface area contributed by atoms with Crippen molar-refractivity contribution < 1.29 is 4.74 Å². The van der Waals surface area contributed by atoms with Gasteiger partial charge in [-0.3, -0.25) is 9.55 Å². The van der Waals surface area contributed by atoms with Crippen molar-refractivity contribution in [2.24, 2.45) is 0 Å². The summed E-state index contributed by atoms with van der Waals surface area (Å²) >= 11 is 2.91. The molecule has 0 N–H and O–H groups in total. The van der Waals surface area contributed by atoms with Crippen LogP contribution in [0.3, 0.4) is 0 Å². The van der Waals surface area contributed by atoms with Gasteiger partial charge in [0.15, 0.2) is 10.2 Å². The molecular formula is C19H16N6OS2. The minimum Gasteiger partial charge on any atom is -0.497 e. The molecule has 0 bridgehead atoms. The highest BCUT2D eigenvalue weighted by Gasteiger charge is 2.28. The first-order chi connectivity index (χ1) is 13.8. The smallest absolute Gasteiger partial charge is 0.203 e. The zero-order valence-corrected chi connectivity index (χ0v) is 16.7. The van der Waals surface area contributed by atoms with E-state index in [1.165, 1.54) is 36.1 Å². The van der Waals surface area contributed by atoms with Gasteiger partial charge in [0.05, 0.1) is 12.8 Å². The summed E-state index contributed by atoms with van der Waals surface area (Å²) in [5, 5.41) is 9.63. The average molecular weight is 409 g/mol. The Labute approximate surface area is 170 Å². The standard InChI is InChI=1S/C19H16N6OS2/c1-26-15-6-4-14(5-7-15)25-17(13-8-10-20-11-9-13)22-23-18(25)27-19-21-16(24-28-19)12-2-3-12/h4-12H,2-3H2,1H3. The summed E-state index contributed by atoms with van der Waals surface area (Å²) in [6.07, 6.45) is 5.88. The molecule has 7 nitrogen and oxygen atoms in total. The van der Waals surface area contributed by atoms with Gasteiger partial charge in [-0.15, -0.1) is 10.2 Å². The molecule has 1 aromatic carbocycles. The van der Waals surface area contributed by atoms with E-state index in [-0.39, 0.29) is 0 Å². The Kier molecular flexibility index (Phi) is 4.53. The molecule has 0 radical (unpaired) electrons. The van der Waals surface area contributed by atoms with Crippen LogP contribution in [0.1, 0.15) is 24.6 Å². The van der Waals surface area contributed by atoms with Crippen LogP contribution in [0.15, 0.2) is 58.3 Å². The molecule has 5 rings (SSSR count). The third-order valence-corrected chi connectivity index (χ3v) is 6.16. The Morgan fingerprint density at radius 3 is 2.57 bits per heavy atom. The van der Waals surface area contributed by atoms with Crippen molar-refractivity contribution in [2.45, 2.75) is 28.3 Å². The maximum Gasteiger partial charge on any atom is 0.203 e. The van der Waals surface area contributed by atoms with Crippen molar-refractivity contribution in [3.8, 4) is 22.8 Å². The Balaban J connectivity index is 1.56. The first-order valence-electron chi connectivity index (χ1n) is 8.83. The number of rotatable bonds is 6. The summed E-state index contributed by atoms with van der Waals surface area (Å²) in [6.45, 7) is 0. The molecule has 4 aromatic rings. The molecule has 28 heavy (non-hydrogen) atoms. The van der Waals surface area contributed by atoms with Gasteiger partial charge in [-0.25, -0.2) is 4.98 Å². The van der Waals surface area contributed by atoms with Crippen molar-refractivity contribution in [2.75, 3.05) is 7.11 Å². The lowest BCUT2D eigenvalue weighted by atomic mass is 10.2. The van der Waals surface area contributed by atoms with Crippen molar-refractivity contribution in [1.29, 1.82) is 0 Å². The van der Waals surface area contributed by atoms with E-state index in [1.807, 2.05) is 41.0 Å². The quantitative estimate of drug-likeness (QED) is 0.473. The molecule has 0 saturated heterocycles. The second kappa shape index (κ2) is 7.33. The highest BCUT2D eigenvalue weighted by molar-refractivity contribution is 8.00. The van der Waals surface area contributed by atoms with Crippen LogP contribution in [0.25, 0.3) is 17.1 Å². The van der Waals surface area contributed by atoms with E-state index in [4.69, 9.17) is 4.74 Å². The van der Waals surface area contributed by atoms with E-state index in [0.717, 1.165) is 38.1 Å². The molecule has 0 aliphatic heterocycles. The largest absolute Gasteiger partial charge is 0.497 e. The Morgan fingerprint density at radius 2 is 1.86 bits per heavy atom. The molecule has 3 heterocycles. The van der Waals surface area contributed by atoms with E-state index in [2.05, 4.69) is 24.5 Å². The van der Waals surface area contributed by atoms with E-state index in [9.17, 15) is 0 Å². The first kappa shape index (κ1) is 17.3. The van der Waals surface area contributed by atoms with Gasteiger partial charge in [-0.1, -0.05) is 0 Å². The molecule has 0 unspecified atom stereocenters. The third kappa shape index (κ3) is 3.38. The van der Waals surface area contributed by atoms with Gasteiger partial charge in [-0.05, 0) is 72.5 Å². The summed E-state index contributed by atoms with van der Waals surface area (Å²) in [5.74, 6) is 3.05. The van der Waals surface area contributed by atoms with Crippen LogP contribution < -0.4 is 4.74 Å². The molecule has 0 amide bonds. The zero-order chi connectivity index (χ0) is 18.9. The van der Waals surface area contributed by atoms with Crippen LogP contribution in [-0.2, 0) is 0 Å². The number of pyridine rings is 1. The number of hydrogen-bond acceptors (Lipinski definition) is 8. The zero-order valence-electron chi connectivity index (χ0n) is 15.0. The molecule has 140 valence electrons. The van der Waals surface area contributed by atoms with Crippen LogP contribution in [0.5, 0.6) is 5.75 Å². The van der Waals surface area contributed by atoms with Gasteiger partial charge >= 0.3 is 0 Å². The normalized spacial score (nSPS) is 13.6. The molecule has 1 aliphatic carbocycles. The summed E-state index contributed by atoms with van der Waals surface area (Å²) in [4.78, 5) is 8.77. The first-order valence-corrected chi connectivity index (χ1v) is 10.4. The van der Waals surface area contributed by atoms with Crippen molar-refractivity contribution >= 4 is 23.3 Å². The topological polar surface area (TPSA) is 78.6 Å². The number of benzene rings is 1. The summed E-state index contributed by atoms with van der Waals surface area (Å²) < 4.78 is 12.7. The minimum absolute atomic E-state index is 0.539. The van der Waals surface area contributed by atoms with E-state index >= 15 is 0 Å². The predicted octanol–water partition coefficient (Wildman–Crippen LogP) is 4.22. The SMILES string of the molecule is COc1ccc(-n2c(Sc3nc(C4CC4)ns3)nnc2-c2ccncc2)cc1. The molecule has 1 saturated carbocycles. The van der Waals surface area contributed by atoms with Crippen LogP contribution in [0.4, 0.5) is 0 Å².